The lowest BCUT2D eigenvalue weighted by Gasteiger charge is -2.14. The fourth-order valence-electron chi connectivity index (χ4n) is 3.02. The Labute approximate surface area is 215 Å². The lowest BCUT2D eigenvalue weighted by atomic mass is 10.3. The van der Waals surface area contributed by atoms with Crippen LogP contribution in [0.2, 0.25) is 0 Å². The molecule has 0 bridgehead atoms. The maximum absolute atomic E-state index is 12.7. The molecule has 17 heteroatoms. The SMILES string of the molecule is COc1cc(S(=O)(=O)CCOS(=O)(=O)OCCS(=O)(=O)c2cc(OC)c(N)cc2OC)c(OC)cc1N. The monoisotopic (exact) mass is 584 g/mol. The van der Waals surface area contributed by atoms with Crippen molar-refractivity contribution in [2.75, 3.05) is 64.6 Å². The van der Waals surface area contributed by atoms with Crippen molar-refractivity contribution >= 4 is 41.4 Å². The second-order valence-corrected chi connectivity index (χ2v) is 12.6. The van der Waals surface area contributed by atoms with Crippen LogP contribution >= 0.6 is 0 Å². The summed E-state index contributed by atoms with van der Waals surface area (Å²) in [5.41, 5.74) is 11.8. The Morgan fingerprint density at radius 2 is 0.892 bits per heavy atom. The van der Waals surface area contributed by atoms with E-state index in [2.05, 4.69) is 8.37 Å². The molecule has 2 aromatic rings. The summed E-state index contributed by atoms with van der Waals surface area (Å²) in [6.45, 7) is -1.65. The van der Waals surface area contributed by atoms with Gasteiger partial charge >= 0.3 is 10.4 Å². The summed E-state index contributed by atoms with van der Waals surface area (Å²) in [6.07, 6.45) is 0. The number of anilines is 2. The Hall–Kier alpha value is -2.99. The van der Waals surface area contributed by atoms with Gasteiger partial charge in [-0.05, 0) is 0 Å². The standard InChI is InChI=1S/C20H28N2O12S3/c1-29-15-11-19(17(31-3)9-13(15)21)35(23,24)7-5-33-37(27,28)34-6-8-36(25,26)20-12-16(30-2)14(22)10-18(20)32-4/h9-12H,5-8,21-22H2,1-4H3. The number of benzene rings is 2. The first-order chi connectivity index (χ1) is 17.2. The molecule has 37 heavy (non-hydrogen) atoms. The molecule has 0 unspecified atom stereocenters. The van der Waals surface area contributed by atoms with Crippen LogP contribution in [0.5, 0.6) is 23.0 Å². The van der Waals surface area contributed by atoms with Crippen molar-refractivity contribution in [3.05, 3.63) is 24.3 Å². The van der Waals surface area contributed by atoms with E-state index in [1.54, 1.807) is 0 Å². The van der Waals surface area contributed by atoms with Crippen molar-refractivity contribution in [1.29, 1.82) is 0 Å². The number of methoxy groups -OCH3 is 4. The molecule has 0 atom stereocenters. The van der Waals surface area contributed by atoms with Crippen molar-refractivity contribution < 1.29 is 52.6 Å². The highest BCUT2D eigenvalue weighted by molar-refractivity contribution is 7.92. The van der Waals surface area contributed by atoms with Crippen LogP contribution in [0.15, 0.2) is 34.1 Å². The van der Waals surface area contributed by atoms with Gasteiger partial charge in [0, 0.05) is 24.3 Å². The molecule has 0 radical (unpaired) electrons. The zero-order chi connectivity index (χ0) is 28.0. The summed E-state index contributed by atoms with van der Waals surface area (Å²) in [7, 11) is -7.90. The van der Waals surface area contributed by atoms with Gasteiger partial charge in [0.25, 0.3) is 0 Å². The lowest BCUT2D eigenvalue weighted by molar-refractivity contribution is 0.232. The first kappa shape index (κ1) is 30.2. The molecule has 2 rings (SSSR count). The van der Waals surface area contributed by atoms with Crippen molar-refractivity contribution in [2.45, 2.75) is 9.79 Å². The third-order valence-electron chi connectivity index (χ3n) is 4.86. The Kier molecular flexibility index (Phi) is 9.84. The fourth-order valence-corrected chi connectivity index (χ4v) is 6.39. The zero-order valence-corrected chi connectivity index (χ0v) is 22.9. The van der Waals surface area contributed by atoms with E-state index in [-0.39, 0.29) is 44.2 Å². The van der Waals surface area contributed by atoms with Gasteiger partial charge in [-0.2, -0.15) is 8.42 Å². The maximum Gasteiger partial charge on any atom is 0.399 e. The number of rotatable bonds is 14. The third-order valence-corrected chi connectivity index (χ3v) is 9.16. The average Bonchev–Trinajstić information content (AvgIpc) is 2.82. The number of hydrogen-bond donors (Lipinski definition) is 2. The number of ether oxygens (including phenoxy) is 4. The highest BCUT2D eigenvalue weighted by atomic mass is 32.3. The molecular formula is C20H28N2O12S3. The zero-order valence-electron chi connectivity index (χ0n) is 20.4. The Morgan fingerprint density at radius 1 is 0.568 bits per heavy atom. The molecule has 208 valence electrons. The van der Waals surface area contributed by atoms with Gasteiger partial charge in [-0.15, -0.1) is 0 Å². The molecule has 0 aliphatic carbocycles. The molecule has 0 aliphatic rings. The molecule has 0 spiro atoms. The first-order valence-electron chi connectivity index (χ1n) is 10.2. The number of nitrogen functional groups attached to an aromatic ring is 2. The first-order valence-corrected chi connectivity index (χ1v) is 14.9. The highest BCUT2D eigenvalue weighted by Crippen LogP contribution is 2.35. The molecule has 14 nitrogen and oxygen atoms in total. The van der Waals surface area contributed by atoms with Crippen LogP contribution in [-0.2, 0) is 38.4 Å². The van der Waals surface area contributed by atoms with E-state index in [1.807, 2.05) is 0 Å². The molecule has 0 aromatic heterocycles. The topological polar surface area (TPSA) is 210 Å². The second kappa shape index (κ2) is 12.0. The van der Waals surface area contributed by atoms with E-state index in [0.29, 0.717) is 0 Å². The number of nitrogens with two attached hydrogens (primary N) is 2. The van der Waals surface area contributed by atoms with Gasteiger partial charge in [-0.1, -0.05) is 0 Å². The molecule has 0 aliphatic heterocycles. The van der Waals surface area contributed by atoms with E-state index in [9.17, 15) is 25.3 Å². The Morgan fingerprint density at radius 3 is 1.19 bits per heavy atom. The van der Waals surface area contributed by atoms with E-state index in [4.69, 9.17) is 30.4 Å². The van der Waals surface area contributed by atoms with Crippen molar-refractivity contribution in [3.63, 3.8) is 0 Å². The summed E-state index contributed by atoms with van der Waals surface area (Å²) in [5.74, 6) is -1.55. The van der Waals surface area contributed by atoms with Crippen LogP contribution in [0.1, 0.15) is 0 Å². The minimum atomic E-state index is -4.74. The fraction of sp³-hybridized carbons (Fsp3) is 0.400. The van der Waals surface area contributed by atoms with Gasteiger partial charge in [0.1, 0.15) is 32.8 Å². The molecule has 0 saturated heterocycles. The quantitative estimate of drug-likeness (QED) is 0.288. The van der Waals surface area contributed by atoms with Crippen LogP contribution in [-0.4, -0.2) is 78.4 Å². The molecule has 0 saturated carbocycles. The predicted molar refractivity (Wildman–Crippen MR) is 133 cm³/mol. The summed E-state index contributed by atoms with van der Waals surface area (Å²) >= 11 is 0. The molecule has 0 amide bonds. The predicted octanol–water partition coefficient (Wildman–Crippen LogP) is 0.411. The minimum Gasteiger partial charge on any atom is -0.495 e. The largest absolute Gasteiger partial charge is 0.495 e. The molecule has 2 aromatic carbocycles. The van der Waals surface area contributed by atoms with E-state index >= 15 is 0 Å². The van der Waals surface area contributed by atoms with Crippen molar-refractivity contribution in [2.24, 2.45) is 0 Å². The van der Waals surface area contributed by atoms with Gasteiger partial charge in [0.05, 0.1) is 64.5 Å². The lowest BCUT2D eigenvalue weighted by Crippen LogP contribution is -2.21. The van der Waals surface area contributed by atoms with Crippen molar-refractivity contribution in [1.82, 2.24) is 0 Å². The third kappa shape index (κ3) is 7.51. The Bertz CT molecular complexity index is 1340. The summed E-state index contributed by atoms with van der Waals surface area (Å²) in [6, 6.07) is 4.77. The molecule has 4 N–H and O–H groups in total. The highest BCUT2D eigenvalue weighted by Gasteiger charge is 2.26. The normalized spacial score (nSPS) is 12.2. The Balaban J connectivity index is 2.05. The van der Waals surface area contributed by atoms with E-state index in [0.717, 1.165) is 12.1 Å². The van der Waals surface area contributed by atoms with Gasteiger partial charge in [0.15, 0.2) is 19.7 Å². The molecule has 0 fully saturated rings. The van der Waals surface area contributed by atoms with Crippen LogP contribution in [0.4, 0.5) is 11.4 Å². The van der Waals surface area contributed by atoms with Gasteiger partial charge in [0.2, 0.25) is 0 Å². The van der Waals surface area contributed by atoms with E-state index in [1.165, 1.54) is 40.6 Å². The van der Waals surface area contributed by atoms with Gasteiger partial charge in [-0.25, -0.2) is 25.2 Å². The van der Waals surface area contributed by atoms with Crippen LogP contribution in [0.3, 0.4) is 0 Å². The number of hydrogen-bond acceptors (Lipinski definition) is 14. The average molecular weight is 585 g/mol. The molecule has 0 heterocycles. The van der Waals surface area contributed by atoms with Crippen molar-refractivity contribution in [3.8, 4) is 23.0 Å². The minimum absolute atomic E-state index is 0.0719. The van der Waals surface area contributed by atoms with Gasteiger partial charge in [-0.3, -0.25) is 0 Å². The molecular weight excluding hydrogens is 556 g/mol. The van der Waals surface area contributed by atoms with Gasteiger partial charge < -0.3 is 30.4 Å². The summed E-state index contributed by atoms with van der Waals surface area (Å²) in [5, 5.41) is 0. The second-order valence-electron chi connectivity index (χ2n) is 7.18. The summed E-state index contributed by atoms with van der Waals surface area (Å²) < 4.78 is 104. The maximum atomic E-state index is 12.7. The van der Waals surface area contributed by atoms with Crippen LogP contribution in [0.25, 0.3) is 0 Å². The smallest absolute Gasteiger partial charge is 0.399 e. The summed E-state index contributed by atoms with van der Waals surface area (Å²) in [4.78, 5) is -0.580. The van der Waals surface area contributed by atoms with Crippen LogP contribution < -0.4 is 30.4 Å². The van der Waals surface area contributed by atoms with E-state index < -0.39 is 54.8 Å². The number of sulfone groups is 2. The van der Waals surface area contributed by atoms with Crippen LogP contribution in [0, 0.1) is 0 Å².